The maximum Gasteiger partial charge on any atom is 0.227 e. The number of rotatable bonds is 5. The van der Waals surface area contributed by atoms with Gasteiger partial charge in [0, 0.05) is 29.8 Å². The Morgan fingerprint density at radius 2 is 1.70 bits per heavy atom. The molecule has 1 aromatic rings. The van der Waals surface area contributed by atoms with Gasteiger partial charge in [-0.2, -0.15) is 0 Å². The van der Waals surface area contributed by atoms with Gasteiger partial charge < -0.3 is 16.4 Å². The standard InChI is InChI=1S/C17H25N3O2.ClH/c1-11(2)9-16(21)19-14-5-7-15(8-6-14)20-17(22)12-3-4-13(18)10-12;/h5-8,11-13H,3-4,9-10,18H2,1-2H3,(H,19,21)(H,20,22);1H. The van der Waals surface area contributed by atoms with Crippen LogP contribution in [0.3, 0.4) is 0 Å². The summed E-state index contributed by atoms with van der Waals surface area (Å²) in [6, 6.07) is 7.35. The third-order valence-corrected chi connectivity index (χ3v) is 3.87. The minimum Gasteiger partial charge on any atom is -0.328 e. The van der Waals surface area contributed by atoms with Gasteiger partial charge in [0.15, 0.2) is 0 Å². The van der Waals surface area contributed by atoms with Crippen LogP contribution >= 0.6 is 12.4 Å². The molecule has 0 aromatic heterocycles. The van der Waals surface area contributed by atoms with Gasteiger partial charge in [-0.3, -0.25) is 9.59 Å². The summed E-state index contributed by atoms with van der Waals surface area (Å²) in [6.45, 7) is 4.01. The lowest BCUT2D eigenvalue weighted by Crippen LogP contribution is -2.23. The summed E-state index contributed by atoms with van der Waals surface area (Å²) in [5, 5.41) is 5.76. The molecule has 0 spiro atoms. The monoisotopic (exact) mass is 339 g/mol. The molecule has 23 heavy (non-hydrogen) atoms. The van der Waals surface area contributed by atoms with Gasteiger partial charge >= 0.3 is 0 Å². The van der Waals surface area contributed by atoms with Crippen molar-refractivity contribution in [2.75, 3.05) is 10.6 Å². The molecule has 1 aromatic carbocycles. The predicted octanol–water partition coefficient (Wildman–Crippen LogP) is 3.16. The number of nitrogens with two attached hydrogens (primary N) is 1. The van der Waals surface area contributed by atoms with Crippen LogP contribution in [0.2, 0.25) is 0 Å². The number of hydrogen-bond acceptors (Lipinski definition) is 3. The zero-order valence-electron chi connectivity index (χ0n) is 13.7. The summed E-state index contributed by atoms with van der Waals surface area (Å²) >= 11 is 0. The van der Waals surface area contributed by atoms with E-state index in [0.29, 0.717) is 12.3 Å². The smallest absolute Gasteiger partial charge is 0.227 e. The Hall–Kier alpha value is -1.59. The number of nitrogens with one attached hydrogen (secondary N) is 2. The SMILES string of the molecule is CC(C)CC(=O)Nc1ccc(NC(=O)C2CCC(N)C2)cc1.Cl. The Labute approximate surface area is 143 Å². The molecule has 0 aliphatic heterocycles. The van der Waals surface area contributed by atoms with Crippen molar-refractivity contribution >= 4 is 35.6 Å². The van der Waals surface area contributed by atoms with E-state index in [-0.39, 0.29) is 36.2 Å². The fourth-order valence-corrected chi connectivity index (χ4v) is 2.72. The second-order valence-electron chi connectivity index (χ2n) is 6.48. The molecule has 1 aliphatic carbocycles. The average Bonchev–Trinajstić information content (AvgIpc) is 2.87. The van der Waals surface area contributed by atoms with Crippen LogP contribution in [0.4, 0.5) is 11.4 Å². The van der Waals surface area contributed by atoms with Crippen molar-refractivity contribution < 1.29 is 9.59 Å². The molecule has 0 saturated heterocycles. The fraction of sp³-hybridized carbons (Fsp3) is 0.529. The van der Waals surface area contributed by atoms with Crippen molar-refractivity contribution in [3.8, 4) is 0 Å². The van der Waals surface area contributed by atoms with Gasteiger partial charge in [-0.15, -0.1) is 12.4 Å². The van der Waals surface area contributed by atoms with Crippen LogP contribution in [0.15, 0.2) is 24.3 Å². The molecule has 1 aliphatic rings. The Morgan fingerprint density at radius 1 is 1.13 bits per heavy atom. The lowest BCUT2D eigenvalue weighted by molar-refractivity contribution is -0.119. The summed E-state index contributed by atoms with van der Waals surface area (Å²) in [6.07, 6.45) is 3.03. The van der Waals surface area contributed by atoms with Crippen LogP contribution in [0.25, 0.3) is 0 Å². The van der Waals surface area contributed by atoms with Crippen molar-refractivity contribution in [1.29, 1.82) is 0 Å². The first kappa shape index (κ1) is 19.5. The highest BCUT2D eigenvalue weighted by Gasteiger charge is 2.27. The first-order chi connectivity index (χ1) is 10.4. The zero-order chi connectivity index (χ0) is 16.1. The van der Waals surface area contributed by atoms with E-state index in [1.807, 2.05) is 13.8 Å². The molecule has 128 valence electrons. The molecule has 6 heteroatoms. The molecule has 4 N–H and O–H groups in total. The first-order valence-electron chi connectivity index (χ1n) is 7.90. The number of carbonyl (C=O) groups excluding carboxylic acids is 2. The van der Waals surface area contributed by atoms with Gasteiger partial charge in [0.1, 0.15) is 0 Å². The van der Waals surface area contributed by atoms with E-state index in [0.717, 1.165) is 30.6 Å². The van der Waals surface area contributed by atoms with Crippen molar-refractivity contribution in [3.63, 3.8) is 0 Å². The van der Waals surface area contributed by atoms with Crippen LogP contribution in [0, 0.1) is 11.8 Å². The van der Waals surface area contributed by atoms with Crippen LogP contribution in [0.5, 0.6) is 0 Å². The van der Waals surface area contributed by atoms with Crippen molar-refractivity contribution in [2.45, 2.75) is 45.6 Å². The van der Waals surface area contributed by atoms with Crippen molar-refractivity contribution in [3.05, 3.63) is 24.3 Å². The second-order valence-corrected chi connectivity index (χ2v) is 6.48. The summed E-state index contributed by atoms with van der Waals surface area (Å²) in [5.74, 6) is 0.382. The Balaban J connectivity index is 0.00000264. The molecule has 1 saturated carbocycles. The Morgan fingerprint density at radius 3 is 2.17 bits per heavy atom. The highest BCUT2D eigenvalue weighted by Crippen LogP contribution is 2.25. The maximum atomic E-state index is 12.1. The third kappa shape index (κ3) is 6.20. The zero-order valence-corrected chi connectivity index (χ0v) is 14.5. The maximum absolute atomic E-state index is 12.1. The van der Waals surface area contributed by atoms with Crippen molar-refractivity contribution in [1.82, 2.24) is 0 Å². The molecule has 2 amide bonds. The normalized spacial score (nSPS) is 20.0. The van der Waals surface area contributed by atoms with Gasteiger partial charge in [0.2, 0.25) is 11.8 Å². The first-order valence-corrected chi connectivity index (χ1v) is 7.90. The fourth-order valence-electron chi connectivity index (χ4n) is 2.72. The molecule has 1 fully saturated rings. The van der Waals surface area contributed by atoms with E-state index >= 15 is 0 Å². The van der Waals surface area contributed by atoms with Gasteiger partial charge in [0.05, 0.1) is 0 Å². The van der Waals surface area contributed by atoms with Gasteiger partial charge in [0.25, 0.3) is 0 Å². The third-order valence-electron chi connectivity index (χ3n) is 3.87. The number of carbonyl (C=O) groups is 2. The van der Waals surface area contributed by atoms with Gasteiger partial charge in [-0.1, -0.05) is 13.8 Å². The van der Waals surface area contributed by atoms with Gasteiger partial charge in [-0.25, -0.2) is 0 Å². The van der Waals surface area contributed by atoms with Crippen LogP contribution in [0.1, 0.15) is 39.5 Å². The second kappa shape index (κ2) is 8.89. The highest BCUT2D eigenvalue weighted by atomic mass is 35.5. The molecule has 0 bridgehead atoms. The quantitative estimate of drug-likeness (QED) is 0.770. The van der Waals surface area contributed by atoms with Crippen LogP contribution in [-0.4, -0.2) is 17.9 Å². The van der Waals surface area contributed by atoms with Crippen molar-refractivity contribution in [2.24, 2.45) is 17.6 Å². The largest absolute Gasteiger partial charge is 0.328 e. The van der Waals surface area contributed by atoms with Crippen LogP contribution in [-0.2, 0) is 9.59 Å². The van der Waals surface area contributed by atoms with E-state index in [1.165, 1.54) is 0 Å². The molecular formula is C17H26ClN3O2. The average molecular weight is 340 g/mol. The number of halogens is 1. The highest BCUT2D eigenvalue weighted by molar-refractivity contribution is 5.94. The molecule has 2 unspecified atom stereocenters. The number of hydrogen-bond donors (Lipinski definition) is 3. The molecular weight excluding hydrogens is 314 g/mol. The van der Waals surface area contributed by atoms with E-state index < -0.39 is 0 Å². The van der Waals surface area contributed by atoms with E-state index in [2.05, 4.69) is 10.6 Å². The summed E-state index contributed by atoms with van der Waals surface area (Å²) in [4.78, 5) is 23.8. The summed E-state index contributed by atoms with van der Waals surface area (Å²) < 4.78 is 0. The molecule has 0 radical (unpaired) electrons. The minimum atomic E-state index is 0. The molecule has 2 rings (SSSR count). The Kier molecular flexibility index (Phi) is 7.52. The van der Waals surface area contributed by atoms with Gasteiger partial charge in [-0.05, 0) is 49.4 Å². The summed E-state index contributed by atoms with van der Waals surface area (Å²) in [7, 11) is 0. The van der Waals surface area contributed by atoms with E-state index in [9.17, 15) is 9.59 Å². The van der Waals surface area contributed by atoms with E-state index in [1.54, 1.807) is 24.3 Å². The predicted molar refractivity (Wildman–Crippen MR) is 95.7 cm³/mol. The number of amides is 2. The number of anilines is 2. The topological polar surface area (TPSA) is 84.2 Å². The van der Waals surface area contributed by atoms with E-state index in [4.69, 9.17) is 5.73 Å². The molecule has 0 heterocycles. The lowest BCUT2D eigenvalue weighted by Gasteiger charge is -2.12. The Bertz CT molecular complexity index is 531. The minimum absolute atomic E-state index is 0. The van der Waals surface area contributed by atoms with Crippen LogP contribution < -0.4 is 16.4 Å². The molecule has 2 atom stereocenters. The lowest BCUT2D eigenvalue weighted by atomic mass is 10.1. The summed E-state index contributed by atoms with van der Waals surface area (Å²) in [5.41, 5.74) is 7.32. The number of benzene rings is 1. The molecule has 5 nitrogen and oxygen atoms in total.